The molecule has 4 heteroatoms. The van der Waals surface area contributed by atoms with Crippen LogP contribution in [0.2, 0.25) is 0 Å². The molecule has 4 nitrogen and oxygen atoms in total. The highest BCUT2D eigenvalue weighted by Gasteiger charge is 2.35. The van der Waals surface area contributed by atoms with Gasteiger partial charge in [-0.25, -0.2) is 4.79 Å². The van der Waals surface area contributed by atoms with Gasteiger partial charge in [-0.3, -0.25) is 0 Å². The largest absolute Gasteiger partial charge is 0.444 e. The lowest BCUT2D eigenvalue weighted by Crippen LogP contribution is -2.41. The Morgan fingerprint density at radius 2 is 2.33 bits per heavy atom. The third-order valence-electron chi connectivity index (χ3n) is 2.25. The van der Waals surface area contributed by atoms with Crippen molar-refractivity contribution in [2.45, 2.75) is 45.7 Å². The Labute approximate surface area is 95.4 Å². The molecule has 1 rings (SSSR count). The zero-order valence-electron chi connectivity index (χ0n) is 12.5. The summed E-state index contributed by atoms with van der Waals surface area (Å²) in [5, 5.41) is 9.23. The SMILES string of the molecule is [2H]C([2H])([2H])[C@@H]1C[C@@H](CO)N(C(=O)OC(C)(C)C)C1. The lowest BCUT2D eigenvalue weighted by Gasteiger charge is -2.27. The summed E-state index contributed by atoms with van der Waals surface area (Å²) < 4.78 is 27.3. The Kier molecular flexibility index (Phi) is 2.46. The van der Waals surface area contributed by atoms with Crippen molar-refractivity contribution < 1.29 is 18.8 Å². The van der Waals surface area contributed by atoms with Crippen LogP contribution in [-0.2, 0) is 4.74 Å². The summed E-state index contributed by atoms with van der Waals surface area (Å²) >= 11 is 0. The number of likely N-dealkylation sites (tertiary alicyclic amines) is 1. The molecule has 0 unspecified atom stereocenters. The van der Waals surface area contributed by atoms with E-state index in [2.05, 4.69) is 0 Å². The van der Waals surface area contributed by atoms with Crippen molar-refractivity contribution in [3.63, 3.8) is 0 Å². The van der Waals surface area contributed by atoms with Crippen molar-refractivity contribution in [1.29, 1.82) is 0 Å². The second-order valence-electron chi connectivity index (χ2n) is 4.90. The number of aliphatic hydroxyl groups is 1. The molecule has 88 valence electrons. The summed E-state index contributed by atoms with van der Waals surface area (Å²) in [7, 11) is 0. The molecular formula is C11H21NO3. The maximum Gasteiger partial charge on any atom is 0.410 e. The maximum absolute atomic E-state index is 11.9. The van der Waals surface area contributed by atoms with Crippen LogP contribution in [0, 0.1) is 5.92 Å². The van der Waals surface area contributed by atoms with Crippen LogP contribution in [0.3, 0.4) is 0 Å². The van der Waals surface area contributed by atoms with E-state index in [1.165, 1.54) is 4.90 Å². The Bertz CT molecular complexity index is 312. The lowest BCUT2D eigenvalue weighted by molar-refractivity contribution is 0.0173. The molecule has 0 aliphatic carbocycles. The fraction of sp³-hybridized carbons (Fsp3) is 0.909. The summed E-state index contributed by atoms with van der Waals surface area (Å²) in [6.07, 6.45) is -0.278. The molecule has 1 aliphatic heterocycles. The molecule has 0 radical (unpaired) electrons. The number of hydrogen-bond donors (Lipinski definition) is 1. The van der Waals surface area contributed by atoms with Gasteiger partial charge in [0.25, 0.3) is 0 Å². The molecule has 1 N–H and O–H groups in total. The quantitative estimate of drug-likeness (QED) is 0.727. The van der Waals surface area contributed by atoms with Crippen LogP contribution in [0.25, 0.3) is 0 Å². The van der Waals surface area contributed by atoms with Crippen LogP contribution >= 0.6 is 0 Å². The van der Waals surface area contributed by atoms with Crippen molar-refractivity contribution in [2.24, 2.45) is 5.92 Å². The summed E-state index contributed by atoms with van der Waals surface area (Å²) in [4.78, 5) is 13.2. The maximum atomic E-state index is 11.9. The average Bonchev–Trinajstić information content (AvgIpc) is 2.57. The normalized spacial score (nSPS) is 30.7. The van der Waals surface area contributed by atoms with E-state index in [0.717, 1.165) is 0 Å². The molecule has 1 aliphatic rings. The highest BCUT2D eigenvalue weighted by molar-refractivity contribution is 5.69. The van der Waals surface area contributed by atoms with E-state index in [1.54, 1.807) is 20.8 Å². The summed E-state index contributed by atoms with van der Waals surface area (Å²) in [6.45, 7) is 3.00. The van der Waals surface area contributed by atoms with Gasteiger partial charge in [-0.05, 0) is 33.1 Å². The molecule has 1 amide bonds. The Morgan fingerprint density at radius 1 is 1.67 bits per heavy atom. The van der Waals surface area contributed by atoms with Crippen LogP contribution in [0.15, 0.2) is 0 Å². The van der Waals surface area contributed by atoms with Crippen molar-refractivity contribution >= 4 is 6.09 Å². The Hall–Kier alpha value is -0.770. The molecular weight excluding hydrogens is 194 g/mol. The van der Waals surface area contributed by atoms with Crippen LogP contribution in [0.1, 0.15) is 38.2 Å². The fourth-order valence-corrected chi connectivity index (χ4v) is 1.63. The average molecular weight is 218 g/mol. The minimum Gasteiger partial charge on any atom is -0.444 e. The highest BCUT2D eigenvalue weighted by Crippen LogP contribution is 2.24. The topological polar surface area (TPSA) is 49.8 Å². The van der Waals surface area contributed by atoms with Crippen molar-refractivity contribution in [3.05, 3.63) is 0 Å². The first-order valence-electron chi connectivity index (χ1n) is 6.65. The van der Waals surface area contributed by atoms with E-state index in [1.807, 2.05) is 0 Å². The van der Waals surface area contributed by atoms with E-state index in [0.29, 0.717) is 0 Å². The number of nitrogens with zero attached hydrogens (tertiary/aromatic N) is 1. The van der Waals surface area contributed by atoms with E-state index >= 15 is 0 Å². The first-order chi connectivity index (χ1) is 8.04. The van der Waals surface area contributed by atoms with Crippen LogP contribution in [0.5, 0.6) is 0 Å². The smallest absolute Gasteiger partial charge is 0.410 e. The summed E-state index contributed by atoms with van der Waals surface area (Å²) in [6, 6.07) is -0.467. The van der Waals surface area contributed by atoms with Gasteiger partial charge in [0.15, 0.2) is 0 Å². The summed E-state index contributed by atoms with van der Waals surface area (Å²) in [5.74, 6) is -0.595. The van der Waals surface area contributed by atoms with E-state index in [4.69, 9.17) is 8.85 Å². The van der Waals surface area contributed by atoms with Gasteiger partial charge in [0.05, 0.1) is 12.6 Å². The van der Waals surface area contributed by atoms with Crippen molar-refractivity contribution in [3.8, 4) is 0 Å². The van der Waals surface area contributed by atoms with E-state index in [9.17, 15) is 9.90 Å². The molecule has 0 spiro atoms. The zero-order chi connectivity index (χ0) is 14.1. The molecule has 0 aromatic heterocycles. The van der Waals surface area contributed by atoms with Crippen LogP contribution < -0.4 is 0 Å². The van der Waals surface area contributed by atoms with E-state index < -0.39 is 30.5 Å². The van der Waals surface area contributed by atoms with Gasteiger partial charge in [-0.1, -0.05) is 6.85 Å². The second-order valence-corrected chi connectivity index (χ2v) is 4.90. The standard InChI is InChI=1S/C11H21NO3/c1-8-5-9(7-13)12(6-8)10(14)15-11(2,3)4/h8-9,13H,5-7H2,1-4H3/t8-,9+/m1/s1/i1D3. The van der Waals surface area contributed by atoms with Gasteiger partial charge >= 0.3 is 6.09 Å². The molecule has 0 bridgehead atoms. The molecule has 15 heavy (non-hydrogen) atoms. The minimum absolute atomic E-state index is 0.108. The third kappa shape index (κ3) is 3.38. The second kappa shape index (κ2) is 4.39. The number of carbonyl (C=O) groups is 1. The highest BCUT2D eigenvalue weighted by atomic mass is 16.6. The molecule has 1 heterocycles. The van der Waals surface area contributed by atoms with Gasteiger partial charge in [0.1, 0.15) is 5.60 Å². The monoisotopic (exact) mass is 218 g/mol. The van der Waals surface area contributed by atoms with Crippen molar-refractivity contribution in [1.82, 2.24) is 4.90 Å². The van der Waals surface area contributed by atoms with Crippen molar-refractivity contribution in [2.75, 3.05) is 13.2 Å². The molecule has 0 aromatic carbocycles. The first-order valence-corrected chi connectivity index (χ1v) is 5.15. The van der Waals surface area contributed by atoms with E-state index in [-0.39, 0.29) is 19.6 Å². The number of ether oxygens (including phenoxy) is 1. The van der Waals surface area contributed by atoms with Crippen LogP contribution in [0.4, 0.5) is 4.79 Å². The van der Waals surface area contributed by atoms with Gasteiger partial charge in [-0.2, -0.15) is 0 Å². The molecule has 0 saturated carbocycles. The first kappa shape index (κ1) is 8.39. The fourth-order valence-electron chi connectivity index (χ4n) is 1.63. The molecule has 0 aromatic rings. The molecule has 1 saturated heterocycles. The number of aliphatic hydroxyl groups excluding tert-OH is 1. The van der Waals surface area contributed by atoms with Gasteiger partial charge in [0, 0.05) is 10.7 Å². The number of hydrogen-bond acceptors (Lipinski definition) is 3. The summed E-state index contributed by atoms with van der Waals surface area (Å²) in [5.41, 5.74) is -0.630. The molecule has 2 atom stereocenters. The predicted molar refractivity (Wildman–Crippen MR) is 57.6 cm³/mol. The molecule has 1 fully saturated rings. The Balaban J connectivity index is 2.73. The number of rotatable bonds is 1. The van der Waals surface area contributed by atoms with Gasteiger partial charge in [-0.15, -0.1) is 0 Å². The van der Waals surface area contributed by atoms with Gasteiger partial charge < -0.3 is 14.7 Å². The third-order valence-corrected chi connectivity index (χ3v) is 2.25. The predicted octanol–water partition coefficient (Wildman–Crippen LogP) is 1.62. The minimum atomic E-state index is -2.11. The number of amides is 1. The number of carbonyl (C=O) groups excluding carboxylic acids is 1. The lowest BCUT2D eigenvalue weighted by atomic mass is 10.1. The zero-order valence-corrected chi connectivity index (χ0v) is 9.49. The van der Waals surface area contributed by atoms with Gasteiger partial charge in [0.2, 0.25) is 0 Å². The Morgan fingerprint density at radius 3 is 2.80 bits per heavy atom. The van der Waals surface area contributed by atoms with Crippen LogP contribution in [-0.4, -0.2) is 40.9 Å².